The highest BCUT2D eigenvalue weighted by atomic mass is 32.2. The Morgan fingerprint density at radius 2 is 1.90 bits per heavy atom. The van der Waals surface area contributed by atoms with Gasteiger partial charge >= 0.3 is 0 Å². The molecule has 1 aromatic carbocycles. The topological polar surface area (TPSA) is 100 Å². The van der Waals surface area contributed by atoms with Crippen molar-refractivity contribution in [1.29, 1.82) is 0 Å². The van der Waals surface area contributed by atoms with Gasteiger partial charge in [-0.15, -0.1) is 0 Å². The largest absolute Gasteiger partial charge is 0.374 e. The van der Waals surface area contributed by atoms with Crippen molar-refractivity contribution in [2.45, 2.75) is 58.6 Å². The molecule has 2 N–H and O–H groups in total. The molecule has 3 aromatic rings. The van der Waals surface area contributed by atoms with Gasteiger partial charge in [-0.3, -0.25) is 4.98 Å². The van der Waals surface area contributed by atoms with Gasteiger partial charge < -0.3 is 9.30 Å². The molecule has 0 spiro atoms. The first-order valence-corrected chi connectivity index (χ1v) is 12.0. The average Bonchev–Trinajstić information content (AvgIpc) is 3.07. The first-order chi connectivity index (χ1) is 13.9. The number of hydrogen-bond acceptors (Lipinski definition) is 5. The number of nitrogens with two attached hydrogens (primary N) is 1. The summed E-state index contributed by atoms with van der Waals surface area (Å²) in [7, 11) is -3.47. The van der Waals surface area contributed by atoms with E-state index in [4.69, 9.17) is 14.9 Å². The summed E-state index contributed by atoms with van der Waals surface area (Å²) < 4.78 is 30.8. The van der Waals surface area contributed by atoms with Gasteiger partial charge in [-0.25, -0.2) is 18.5 Å². The summed E-state index contributed by atoms with van der Waals surface area (Å²) in [6.07, 6.45) is 6.12. The molecule has 8 heteroatoms. The summed E-state index contributed by atoms with van der Waals surface area (Å²) in [6.45, 7) is 5.14. The lowest BCUT2D eigenvalue weighted by atomic mass is 10.0. The van der Waals surface area contributed by atoms with Gasteiger partial charge in [-0.2, -0.15) is 0 Å². The fourth-order valence-corrected chi connectivity index (χ4v) is 4.39. The second-order valence-corrected chi connectivity index (χ2v) is 9.08. The third-order valence-electron chi connectivity index (χ3n) is 5.15. The number of imidazole rings is 1. The summed E-state index contributed by atoms with van der Waals surface area (Å²) in [5, 5.41) is 6.28. The predicted molar refractivity (Wildman–Crippen MR) is 116 cm³/mol. The minimum atomic E-state index is -3.47. The van der Waals surface area contributed by atoms with E-state index in [1.54, 1.807) is 0 Å². The quantitative estimate of drug-likeness (QED) is 0.509. The Kier molecular flexibility index (Phi) is 7.21. The van der Waals surface area contributed by atoms with Gasteiger partial charge in [0, 0.05) is 18.0 Å². The molecule has 0 saturated heterocycles. The molecule has 0 saturated carbocycles. The van der Waals surface area contributed by atoms with Crippen LogP contribution in [0.3, 0.4) is 0 Å². The highest BCUT2D eigenvalue weighted by Crippen LogP contribution is 2.32. The van der Waals surface area contributed by atoms with Crippen LogP contribution in [0.1, 0.15) is 57.8 Å². The van der Waals surface area contributed by atoms with Gasteiger partial charge in [0.25, 0.3) is 0 Å². The van der Waals surface area contributed by atoms with Gasteiger partial charge in [0.2, 0.25) is 10.0 Å². The average molecular weight is 419 g/mol. The predicted octanol–water partition coefficient (Wildman–Crippen LogP) is 3.92. The van der Waals surface area contributed by atoms with Crippen molar-refractivity contribution in [3.63, 3.8) is 0 Å². The standard InChI is InChI=1S/C21H30N4O3S/c1-3-5-9-16(10-8-13-29(22,26)27)25-20(15-28-4-2)24-19-14-23-18-12-7-6-11-17(18)21(19)25/h6-7,11-12,14,16H,3-5,8-10,13,15H2,1-2H3,(H2,22,26,27). The first-order valence-electron chi connectivity index (χ1n) is 10.3. The van der Waals surface area contributed by atoms with E-state index in [1.807, 2.05) is 31.3 Å². The Balaban J connectivity index is 2.10. The van der Waals surface area contributed by atoms with Crippen LogP contribution in [0, 0.1) is 0 Å². The third-order valence-corrected chi connectivity index (χ3v) is 6.01. The van der Waals surface area contributed by atoms with Crippen molar-refractivity contribution in [2.24, 2.45) is 5.14 Å². The van der Waals surface area contributed by atoms with E-state index in [-0.39, 0.29) is 11.8 Å². The van der Waals surface area contributed by atoms with E-state index in [0.717, 1.165) is 53.4 Å². The Morgan fingerprint density at radius 3 is 2.62 bits per heavy atom. The number of sulfonamides is 1. The molecule has 0 aliphatic heterocycles. The molecule has 0 aliphatic carbocycles. The smallest absolute Gasteiger partial charge is 0.209 e. The Labute approximate surface area is 172 Å². The van der Waals surface area contributed by atoms with Crippen molar-refractivity contribution >= 4 is 32.0 Å². The highest BCUT2D eigenvalue weighted by molar-refractivity contribution is 7.89. The summed E-state index contributed by atoms with van der Waals surface area (Å²) in [5.74, 6) is 0.849. The van der Waals surface area contributed by atoms with E-state index in [9.17, 15) is 8.42 Å². The van der Waals surface area contributed by atoms with Crippen LogP contribution in [-0.4, -0.2) is 35.3 Å². The zero-order chi connectivity index (χ0) is 20.9. The van der Waals surface area contributed by atoms with Crippen molar-refractivity contribution < 1.29 is 13.2 Å². The number of hydrogen-bond donors (Lipinski definition) is 1. The summed E-state index contributed by atoms with van der Waals surface area (Å²) in [6, 6.07) is 8.17. The van der Waals surface area contributed by atoms with Crippen molar-refractivity contribution in [3.05, 3.63) is 36.3 Å². The Bertz CT molecular complexity index is 1060. The number of primary sulfonamides is 1. The third kappa shape index (κ3) is 5.32. The minimum Gasteiger partial charge on any atom is -0.374 e. The lowest BCUT2D eigenvalue weighted by Crippen LogP contribution is -2.19. The van der Waals surface area contributed by atoms with Gasteiger partial charge in [0.15, 0.2) is 0 Å². The number of para-hydroxylation sites is 1. The van der Waals surface area contributed by atoms with Crippen LogP contribution in [0.15, 0.2) is 30.5 Å². The molecule has 0 amide bonds. The molecule has 2 heterocycles. The van der Waals surface area contributed by atoms with Crippen molar-refractivity contribution in [1.82, 2.24) is 14.5 Å². The van der Waals surface area contributed by atoms with Crippen LogP contribution in [0.2, 0.25) is 0 Å². The second kappa shape index (κ2) is 9.65. The first kappa shape index (κ1) is 21.7. The number of aromatic nitrogens is 3. The number of pyridine rings is 1. The van der Waals surface area contributed by atoms with Gasteiger partial charge in [-0.1, -0.05) is 38.0 Å². The number of ether oxygens (including phenoxy) is 1. The number of nitrogens with zero attached hydrogens (tertiary/aromatic N) is 3. The molecule has 1 unspecified atom stereocenters. The second-order valence-electron chi connectivity index (χ2n) is 7.35. The number of benzene rings is 1. The van der Waals surface area contributed by atoms with Gasteiger partial charge in [0.1, 0.15) is 17.9 Å². The monoisotopic (exact) mass is 418 g/mol. The summed E-state index contributed by atoms with van der Waals surface area (Å²) in [5.41, 5.74) is 2.80. The van der Waals surface area contributed by atoms with Crippen LogP contribution in [-0.2, 0) is 21.4 Å². The fraction of sp³-hybridized carbons (Fsp3) is 0.524. The van der Waals surface area contributed by atoms with E-state index >= 15 is 0 Å². The molecule has 0 aliphatic rings. The lowest BCUT2D eigenvalue weighted by molar-refractivity contribution is 0.124. The van der Waals surface area contributed by atoms with Gasteiger partial charge in [0.05, 0.1) is 23.0 Å². The summed E-state index contributed by atoms with van der Waals surface area (Å²) >= 11 is 0. The molecule has 29 heavy (non-hydrogen) atoms. The van der Waals surface area contributed by atoms with Crippen LogP contribution in [0.4, 0.5) is 0 Å². The molecule has 0 radical (unpaired) electrons. The lowest BCUT2D eigenvalue weighted by Gasteiger charge is -2.22. The van der Waals surface area contributed by atoms with E-state index in [0.29, 0.717) is 19.6 Å². The fourth-order valence-electron chi connectivity index (χ4n) is 3.82. The molecular formula is C21H30N4O3S. The van der Waals surface area contributed by atoms with Crippen LogP contribution in [0.5, 0.6) is 0 Å². The number of unbranched alkanes of at least 4 members (excludes halogenated alkanes) is 1. The molecule has 7 nitrogen and oxygen atoms in total. The zero-order valence-electron chi connectivity index (χ0n) is 17.2. The SMILES string of the molecule is CCCCC(CCCS(N)(=O)=O)n1c(COCC)nc2cnc3ccccc3c21. The molecule has 2 aromatic heterocycles. The summed E-state index contributed by atoms with van der Waals surface area (Å²) in [4.78, 5) is 9.37. The minimum absolute atomic E-state index is 0.00858. The Hall–Kier alpha value is -2.03. The van der Waals surface area contributed by atoms with Crippen LogP contribution in [0.25, 0.3) is 21.9 Å². The van der Waals surface area contributed by atoms with Crippen molar-refractivity contribution in [2.75, 3.05) is 12.4 Å². The zero-order valence-corrected chi connectivity index (χ0v) is 18.0. The number of fused-ring (bicyclic) bond motifs is 3. The molecule has 3 rings (SSSR count). The Morgan fingerprint density at radius 1 is 1.14 bits per heavy atom. The maximum atomic E-state index is 11.4. The maximum Gasteiger partial charge on any atom is 0.209 e. The van der Waals surface area contributed by atoms with E-state index in [1.165, 1.54) is 0 Å². The molecule has 0 fully saturated rings. The maximum absolute atomic E-state index is 11.4. The van der Waals surface area contributed by atoms with Gasteiger partial charge in [-0.05, 0) is 32.3 Å². The van der Waals surface area contributed by atoms with Crippen LogP contribution >= 0.6 is 0 Å². The molecular weight excluding hydrogens is 388 g/mol. The highest BCUT2D eigenvalue weighted by Gasteiger charge is 2.21. The van der Waals surface area contributed by atoms with Crippen molar-refractivity contribution in [3.8, 4) is 0 Å². The normalized spacial score (nSPS) is 13.3. The molecule has 1 atom stereocenters. The molecule has 158 valence electrons. The van der Waals surface area contributed by atoms with E-state index < -0.39 is 10.0 Å². The number of rotatable bonds is 11. The molecule has 0 bridgehead atoms. The van der Waals surface area contributed by atoms with E-state index in [2.05, 4.69) is 22.5 Å². The van der Waals surface area contributed by atoms with Crippen LogP contribution < -0.4 is 5.14 Å².